The molecule has 8 heteroatoms. The summed E-state index contributed by atoms with van der Waals surface area (Å²) < 4.78 is 34.0. The summed E-state index contributed by atoms with van der Waals surface area (Å²) in [6, 6.07) is 11.6. The SMILES string of the molecule is CC(C)(C)OC(=O)COc1ccc(Cl)cc1Sc1ccc(S(C)(=O)=O)cc1. The zero-order valence-corrected chi connectivity index (χ0v) is 17.9. The number of halogens is 1. The van der Waals surface area contributed by atoms with Crippen LogP contribution in [0.5, 0.6) is 5.75 Å². The van der Waals surface area contributed by atoms with Gasteiger partial charge in [-0.25, -0.2) is 13.2 Å². The van der Waals surface area contributed by atoms with E-state index in [0.717, 1.165) is 11.2 Å². The van der Waals surface area contributed by atoms with Gasteiger partial charge in [-0.3, -0.25) is 0 Å². The third-order valence-corrected chi connectivity index (χ3v) is 5.56. The number of sulfone groups is 1. The lowest BCUT2D eigenvalue weighted by Gasteiger charge is -2.20. The minimum atomic E-state index is -3.25. The molecule has 0 unspecified atom stereocenters. The van der Waals surface area contributed by atoms with E-state index in [4.69, 9.17) is 21.1 Å². The largest absolute Gasteiger partial charge is 0.481 e. The molecule has 2 aromatic rings. The van der Waals surface area contributed by atoms with Gasteiger partial charge in [-0.05, 0) is 63.2 Å². The Hall–Kier alpha value is -1.70. The molecule has 0 radical (unpaired) electrons. The van der Waals surface area contributed by atoms with Crippen LogP contribution in [-0.2, 0) is 19.4 Å². The van der Waals surface area contributed by atoms with Crippen molar-refractivity contribution in [3.05, 3.63) is 47.5 Å². The number of hydrogen-bond acceptors (Lipinski definition) is 6. The summed E-state index contributed by atoms with van der Waals surface area (Å²) in [4.78, 5) is 13.6. The van der Waals surface area contributed by atoms with Gasteiger partial charge >= 0.3 is 5.97 Å². The number of hydrogen-bond donors (Lipinski definition) is 0. The molecule has 0 heterocycles. The van der Waals surface area contributed by atoms with Crippen LogP contribution in [0, 0.1) is 0 Å². The predicted molar refractivity (Wildman–Crippen MR) is 106 cm³/mol. The maximum absolute atomic E-state index is 11.9. The first-order chi connectivity index (χ1) is 12.4. The Morgan fingerprint density at radius 1 is 1.11 bits per heavy atom. The molecule has 0 N–H and O–H groups in total. The van der Waals surface area contributed by atoms with E-state index in [2.05, 4.69) is 0 Å². The molecule has 2 aromatic carbocycles. The highest BCUT2D eigenvalue weighted by Crippen LogP contribution is 2.37. The van der Waals surface area contributed by atoms with Gasteiger partial charge in [0.1, 0.15) is 11.4 Å². The van der Waals surface area contributed by atoms with E-state index in [1.807, 2.05) is 0 Å². The highest BCUT2D eigenvalue weighted by molar-refractivity contribution is 7.99. The van der Waals surface area contributed by atoms with Crippen LogP contribution in [-0.4, -0.2) is 32.9 Å². The van der Waals surface area contributed by atoms with Gasteiger partial charge in [0, 0.05) is 16.2 Å². The Balaban J connectivity index is 2.15. The molecule has 0 aliphatic heterocycles. The van der Waals surface area contributed by atoms with Gasteiger partial charge in [0.15, 0.2) is 16.4 Å². The number of carbonyl (C=O) groups is 1. The smallest absolute Gasteiger partial charge is 0.344 e. The predicted octanol–water partition coefficient (Wildman–Crippen LogP) is 4.62. The van der Waals surface area contributed by atoms with Crippen LogP contribution in [0.15, 0.2) is 57.2 Å². The van der Waals surface area contributed by atoms with Gasteiger partial charge in [0.25, 0.3) is 0 Å². The van der Waals surface area contributed by atoms with Crippen molar-refractivity contribution in [2.24, 2.45) is 0 Å². The molecule has 0 saturated heterocycles. The molecular weight excluding hydrogens is 408 g/mol. The van der Waals surface area contributed by atoms with E-state index in [9.17, 15) is 13.2 Å². The first-order valence-electron chi connectivity index (χ1n) is 8.06. The molecule has 0 amide bonds. The molecule has 27 heavy (non-hydrogen) atoms. The minimum absolute atomic E-state index is 0.223. The summed E-state index contributed by atoms with van der Waals surface area (Å²) in [7, 11) is -3.25. The van der Waals surface area contributed by atoms with Crippen LogP contribution in [0.4, 0.5) is 0 Å². The van der Waals surface area contributed by atoms with Crippen LogP contribution >= 0.6 is 23.4 Å². The lowest BCUT2D eigenvalue weighted by atomic mass is 10.2. The van der Waals surface area contributed by atoms with E-state index in [1.54, 1.807) is 63.2 Å². The van der Waals surface area contributed by atoms with Gasteiger partial charge in [0.2, 0.25) is 0 Å². The number of rotatable bonds is 6. The summed E-state index contributed by atoms with van der Waals surface area (Å²) in [6.07, 6.45) is 1.16. The molecule has 0 spiro atoms. The van der Waals surface area contributed by atoms with Crippen molar-refractivity contribution in [3.8, 4) is 5.75 Å². The average molecular weight is 429 g/mol. The maximum Gasteiger partial charge on any atom is 0.344 e. The van der Waals surface area contributed by atoms with E-state index in [1.165, 1.54) is 11.8 Å². The second-order valence-corrected chi connectivity index (χ2v) is 10.4. The third-order valence-electron chi connectivity index (χ3n) is 3.15. The van der Waals surface area contributed by atoms with Crippen LogP contribution in [0.25, 0.3) is 0 Å². The van der Waals surface area contributed by atoms with E-state index >= 15 is 0 Å². The monoisotopic (exact) mass is 428 g/mol. The van der Waals surface area contributed by atoms with Crippen molar-refractivity contribution in [2.45, 2.75) is 41.1 Å². The summed E-state index contributed by atoms with van der Waals surface area (Å²) >= 11 is 7.43. The van der Waals surface area contributed by atoms with Gasteiger partial charge in [-0.1, -0.05) is 23.4 Å². The van der Waals surface area contributed by atoms with Crippen LogP contribution in [0.2, 0.25) is 5.02 Å². The highest BCUT2D eigenvalue weighted by atomic mass is 35.5. The van der Waals surface area contributed by atoms with Gasteiger partial charge in [0.05, 0.1) is 9.79 Å². The van der Waals surface area contributed by atoms with Gasteiger partial charge < -0.3 is 9.47 Å². The maximum atomic E-state index is 11.9. The first-order valence-corrected chi connectivity index (χ1v) is 11.1. The minimum Gasteiger partial charge on any atom is -0.481 e. The molecule has 5 nitrogen and oxygen atoms in total. The standard InChI is InChI=1S/C19H21ClO5S2/c1-19(2,3)25-18(21)12-24-16-10-5-13(20)11-17(16)26-14-6-8-15(9-7-14)27(4,22)23/h5-11H,12H2,1-4H3. The average Bonchev–Trinajstić information content (AvgIpc) is 2.52. The highest BCUT2D eigenvalue weighted by Gasteiger charge is 2.17. The molecule has 2 rings (SSSR count). The van der Waals surface area contributed by atoms with E-state index < -0.39 is 21.4 Å². The molecule has 0 atom stereocenters. The zero-order chi connectivity index (χ0) is 20.2. The van der Waals surface area contributed by atoms with Gasteiger partial charge in [-0.2, -0.15) is 0 Å². The second-order valence-electron chi connectivity index (χ2n) is 6.81. The summed E-state index contributed by atoms with van der Waals surface area (Å²) in [6.45, 7) is 5.14. The van der Waals surface area contributed by atoms with Crippen molar-refractivity contribution in [2.75, 3.05) is 12.9 Å². The van der Waals surface area contributed by atoms with Crippen LogP contribution in [0.1, 0.15) is 20.8 Å². The lowest BCUT2D eigenvalue weighted by Crippen LogP contribution is -2.27. The number of benzene rings is 2. The Labute approximate surface area is 168 Å². The van der Waals surface area contributed by atoms with Crippen molar-refractivity contribution in [3.63, 3.8) is 0 Å². The molecule has 0 aliphatic rings. The topological polar surface area (TPSA) is 69.7 Å². The first kappa shape index (κ1) is 21.6. The molecule has 0 aromatic heterocycles. The van der Waals surface area contributed by atoms with E-state index in [-0.39, 0.29) is 11.5 Å². The normalized spacial score (nSPS) is 11.9. The molecule has 0 aliphatic carbocycles. The number of ether oxygens (including phenoxy) is 2. The molecule has 0 bridgehead atoms. The Kier molecular flexibility index (Phi) is 6.83. The summed E-state index contributed by atoms with van der Waals surface area (Å²) in [5.41, 5.74) is -0.584. The Morgan fingerprint density at radius 2 is 1.74 bits per heavy atom. The van der Waals surface area contributed by atoms with Crippen molar-refractivity contribution in [1.29, 1.82) is 0 Å². The fraction of sp³-hybridized carbons (Fsp3) is 0.316. The summed E-state index contributed by atoms with van der Waals surface area (Å²) in [5, 5.41) is 0.523. The lowest BCUT2D eigenvalue weighted by molar-refractivity contribution is -0.157. The van der Waals surface area contributed by atoms with Crippen LogP contribution in [0.3, 0.4) is 0 Å². The van der Waals surface area contributed by atoms with E-state index in [0.29, 0.717) is 15.7 Å². The Morgan fingerprint density at radius 3 is 2.30 bits per heavy atom. The molecule has 0 fully saturated rings. The van der Waals surface area contributed by atoms with Crippen molar-refractivity contribution >= 4 is 39.2 Å². The quantitative estimate of drug-likeness (QED) is 0.625. The van der Waals surface area contributed by atoms with Crippen LogP contribution < -0.4 is 4.74 Å². The van der Waals surface area contributed by atoms with Crippen molar-refractivity contribution < 1.29 is 22.7 Å². The van der Waals surface area contributed by atoms with Crippen molar-refractivity contribution in [1.82, 2.24) is 0 Å². The van der Waals surface area contributed by atoms with Gasteiger partial charge in [-0.15, -0.1) is 0 Å². The molecule has 146 valence electrons. The Bertz CT molecular complexity index is 916. The fourth-order valence-corrected chi connectivity index (χ4v) is 3.88. The molecule has 0 saturated carbocycles. The molecular formula is C19H21ClO5S2. The third kappa shape index (κ3) is 7.08. The zero-order valence-electron chi connectivity index (χ0n) is 15.5. The summed E-state index contributed by atoms with van der Waals surface area (Å²) in [5.74, 6) is 0.0216. The number of carbonyl (C=O) groups excluding carboxylic acids is 1. The second kappa shape index (κ2) is 8.54. The fourth-order valence-electron chi connectivity index (χ4n) is 2.07. The number of esters is 1.